The van der Waals surface area contributed by atoms with E-state index in [1.54, 1.807) is 0 Å². The topological polar surface area (TPSA) is 97.7 Å². The first kappa shape index (κ1) is 8.15. The van der Waals surface area contributed by atoms with Crippen LogP contribution in [0.2, 0.25) is 0 Å². The number of rotatable bonds is 1. The molecule has 1 heterocycles. The Labute approximate surface area is 61.9 Å². The highest BCUT2D eigenvalue weighted by Gasteiger charge is 2.42. The predicted molar refractivity (Wildman–Crippen MR) is 30.7 cm³/mol. The Kier molecular flexibility index (Phi) is 1.69. The minimum atomic E-state index is -4.54. The molecule has 0 bridgehead atoms. The zero-order chi connectivity index (χ0) is 8.65. The maximum atomic E-state index is 10.4. The van der Waals surface area contributed by atoms with E-state index in [1.165, 1.54) is 0 Å². The molecule has 0 saturated carbocycles. The van der Waals surface area contributed by atoms with Crippen LogP contribution in [0.1, 0.15) is 0 Å². The van der Waals surface area contributed by atoms with Crippen molar-refractivity contribution in [3.05, 3.63) is 6.42 Å². The van der Waals surface area contributed by atoms with Gasteiger partial charge in [0, 0.05) is 0 Å². The van der Waals surface area contributed by atoms with Gasteiger partial charge in [-0.25, -0.2) is 0 Å². The van der Waals surface area contributed by atoms with E-state index in [0.29, 0.717) is 6.42 Å². The van der Waals surface area contributed by atoms with Crippen LogP contribution >= 0.6 is 0 Å². The van der Waals surface area contributed by atoms with Crippen molar-refractivity contribution in [1.82, 2.24) is 0 Å². The predicted octanol–water partition coefficient (Wildman–Crippen LogP) is -1.47. The summed E-state index contributed by atoms with van der Waals surface area (Å²) in [5.74, 6) is -2.32. The van der Waals surface area contributed by atoms with Crippen LogP contribution in [0.3, 0.4) is 0 Å². The molecule has 1 N–H and O–H groups in total. The normalized spacial score (nSPS) is 25.4. The molecule has 0 amide bonds. The van der Waals surface area contributed by atoms with Crippen molar-refractivity contribution in [2.24, 2.45) is 0 Å². The molecule has 1 rings (SSSR count). The number of cyclic esters (lactones) is 2. The van der Waals surface area contributed by atoms with Crippen molar-refractivity contribution >= 4 is 22.1 Å². The first-order valence-corrected chi connectivity index (χ1v) is 3.98. The van der Waals surface area contributed by atoms with Crippen LogP contribution in [-0.4, -0.2) is 30.2 Å². The van der Waals surface area contributed by atoms with Gasteiger partial charge in [0.2, 0.25) is 0 Å². The summed E-state index contributed by atoms with van der Waals surface area (Å²) in [7, 11) is -4.54. The summed E-state index contributed by atoms with van der Waals surface area (Å²) in [6.07, 6.45) is 0.498. The number of hydrogen-bond acceptors (Lipinski definition) is 5. The van der Waals surface area contributed by atoms with E-state index in [1.807, 2.05) is 0 Å². The Morgan fingerprint density at radius 2 is 2.00 bits per heavy atom. The third-order valence-corrected chi connectivity index (χ3v) is 2.01. The van der Waals surface area contributed by atoms with E-state index >= 15 is 0 Å². The molecule has 0 aromatic carbocycles. The van der Waals surface area contributed by atoms with E-state index in [-0.39, 0.29) is 0 Å². The van der Waals surface area contributed by atoms with Gasteiger partial charge in [0.05, 0.1) is 0 Å². The molecule has 1 unspecified atom stereocenters. The average Bonchev–Trinajstić information content (AvgIpc) is 2.08. The number of esters is 2. The molecule has 0 aliphatic carbocycles. The summed E-state index contributed by atoms with van der Waals surface area (Å²) in [6, 6.07) is 0. The lowest BCUT2D eigenvalue weighted by atomic mass is 10.4. The molecule has 11 heavy (non-hydrogen) atoms. The first-order chi connectivity index (χ1) is 4.91. The van der Waals surface area contributed by atoms with E-state index in [0.717, 1.165) is 0 Å². The van der Waals surface area contributed by atoms with E-state index in [2.05, 4.69) is 4.74 Å². The fraction of sp³-hybridized carbons (Fsp3) is 0.250. The van der Waals surface area contributed by atoms with Crippen LogP contribution < -0.4 is 0 Å². The Morgan fingerprint density at radius 1 is 1.45 bits per heavy atom. The molecule has 61 valence electrons. The SMILES string of the molecule is O=C1[CH]C(S(=O)(=O)O)C(=O)O1. The second kappa shape index (κ2) is 2.28. The summed E-state index contributed by atoms with van der Waals surface area (Å²) >= 11 is 0. The fourth-order valence-corrected chi connectivity index (χ4v) is 1.16. The molecule has 1 fully saturated rings. The average molecular weight is 179 g/mol. The molecule has 1 saturated heterocycles. The summed E-state index contributed by atoms with van der Waals surface area (Å²) < 4.78 is 32.6. The molecule has 0 aromatic rings. The molecular weight excluding hydrogens is 176 g/mol. The molecular formula is C4H3O6S. The van der Waals surface area contributed by atoms with Gasteiger partial charge in [-0.15, -0.1) is 0 Å². The van der Waals surface area contributed by atoms with Gasteiger partial charge in [-0.3, -0.25) is 14.1 Å². The number of hydrogen-bond donors (Lipinski definition) is 1. The van der Waals surface area contributed by atoms with Gasteiger partial charge in [0.1, 0.15) is 6.42 Å². The lowest BCUT2D eigenvalue weighted by molar-refractivity contribution is -0.151. The van der Waals surface area contributed by atoms with Crippen molar-refractivity contribution < 1.29 is 27.3 Å². The highest BCUT2D eigenvalue weighted by molar-refractivity contribution is 7.87. The minimum Gasteiger partial charge on any atom is -0.392 e. The van der Waals surface area contributed by atoms with Gasteiger partial charge in [-0.1, -0.05) is 0 Å². The standard InChI is InChI=1S/C4H3O6S/c5-3-1-2(4(6)10-3)11(7,8)9/h1-2H,(H,7,8,9). The number of ether oxygens (including phenoxy) is 1. The van der Waals surface area contributed by atoms with Gasteiger partial charge < -0.3 is 4.74 Å². The molecule has 0 aromatic heterocycles. The minimum absolute atomic E-state index is 0.498. The zero-order valence-corrected chi connectivity index (χ0v) is 5.87. The zero-order valence-electron chi connectivity index (χ0n) is 5.05. The van der Waals surface area contributed by atoms with E-state index in [4.69, 9.17) is 4.55 Å². The lowest BCUT2D eigenvalue weighted by Crippen LogP contribution is -2.25. The van der Waals surface area contributed by atoms with Crippen molar-refractivity contribution in [1.29, 1.82) is 0 Å². The van der Waals surface area contributed by atoms with Crippen LogP contribution in [-0.2, 0) is 24.4 Å². The highest BCUT2D eigenvalue weighted by atomic mass is 32.2. The van der Waals surface area contributed by atoms with Gasteiger partial charge in [0.15, 0.2) is 5.25 Å². The summed E-state index contributed by atoms with van der Waals surface area (Å²) in [5, 5.41) is -1.85. The largest absolute Gasteiger partial charge is 0.392 e. The van der Waals surface area contributed by atoms with Crippen LogP contribution in [0.4, 0.5) is 0 Å². The Hall–Kier alpha value is -0.950. The second-order valence-electron chi connectivity index (χ2n) is 1.84. The third kappa shape index (κ3) is 1.55. The maximum absolute atomic E-state index is 10.4. The maximum Gasteiger partial charge on any atom is 0.335 e. The molecule has 7 heteroatoms. The smallest absolute Gasteiger partial charge is 0.335 e. The Balaban J connectivity index is 2.94. The van der Waals surface area contributed by atoms with Crippen molar-refractivity contribution in [2.75, 3.05) is 0 Å². The molecule has 0 spiro atoms. The number of carbonyl (C=O) groups excluding carboxylic acids is 2. The molecule has 1 aliphatic heterocycles. The lowest BCUT2D eigenvalue weighted by Gasteiger charge is -1.96. The number of carbonyl (C=O) groups is 2. The Bertz CT molecular complexity index is 301. The van der Waals surface area contributed by atoms with Gasteiger partial charge >= 0.3 is 11.9 Å². The van der Waals surface area contributed by atoms with Gasteiger partial charge in [-0.05, 0) is 0 Å². The second-order valence-corrected chi connectivity index (χ2v) is 3.38. The third-order valence-electron chi connectivity index (χ3n) is 1.04. The first-order valence-electron chi connectivity index (χ1n) is 2.48. The molecule has 1 atom stereocenters. The van der Waals surface area contributed by atoms with Crippen molar-refractivity contribution in [3.63, 3.8) is 0 Å². The van der Waals surface area contributed by atoms with E-state index in [9.17, 15) is 18.0 Å². The van der Waals surface area contributed by atoms with Crippen molar-refractivity contribution in [3.8, 4) is 0 Å². The molecule has 1 aliphatic rings. The van der Waals surface area contributed by atoms with Gasteiger partial charge in [0.25, 0.3) is 10.1 Å². The van der Waals surface area contributed by atoms with E-state index < -0.39 is 27.3 Å². The van der Waals surface area contributed by atoms with Crippen molar-refractivity contribution in [2.45, 2.75) is 5.25 Å². The molecule has 1 radical (unpaired) electrons. The fourth-order valence-electron chi connectivity index (χ4n) is 0.590. The van der Waals surface area contributed by atoms with Crippen LogP contribution in [0.15, 0.2) is 0 Å². The Morgan fingerprint density at radius 3 is 2.18 bits per heavy atom. The highest BCUT2D eigenvalue weighted by Crippen LogP contribution is 2.13. The van der Waals surface area contributed by atoms with Crippen LogP contribution in [0.5, 0.6) is 0 Å². The monoisotopic (exact) mass is 179 g/mol. The van der Waals surface area contributed by atoms with Crippen LogP contribution in [0.25, 0.3) is 0 Å². The summed E-state index contributed by atoms with van der Waals surface area (Å²) in [5.41, 5.74) is 0. The molecule has 6 nitrogen and oxygen atoms in total. The quantitative estimate of drug-likeness (QED) is 0.300. The summed E-state index contributed by atoms with van der Waals surface area (Å²) in [6.45, 7) is 0. The van der Waals surface area contributed by atoms with Crippen LogP contribution in [0, 0.1) is 6.42 Å². The summed E-state index contributed by atoms with van der Waals surface area (Å²) in [4.78, 5) is 20.7. The van der Waals surface area contributed by atoms with Gasteiger partial charge in [-0.2, -0.15) is 8.42 Å².